The summed E-state index contributed by atoms with van der Waals surface area (Å²) in [5, 5.41) is 3.32. The molecule has 16 heavy (non-hydrogen) atoms. The minimum absolute atomic E-state index is 0.420. The summed E-state index contributed by atoms with van der Waals surface area (Å²) < 4.78 is 1.07. The fourth-order valence-corrected chi connectivity index (χ4v) is 2.72. The normalized spacial score (nSPS) is 21.8. The number of nitrogens with one attached hydrogen (secondary N) is 1. The highest BCUT2D eigenvalue weighted by molar-refractivity contribution is 14.1. The van der Waals surface area contributed by atoms with Gasteiger partial charge in [0.25, 0.3) is 0 Å². The van der Waals surface area contributed by atoms with Crippen molar-refractivity contribution >= 4 is 28.5 Å². The van der Waals surface area contributed by atoms with Crippen LogP contribution in [0.1, 0.15) is 27.7 Å². The van der Waals surface area contributed by atoms with Crippen molar-refractivity contribution in [3.8, 4) is 0 Å². The molecular formula is C12H18IN3. The molecule has 0 aromatic carbocycles. The first-order valence-electron chi connectivity index (χ1n) is 5.57. The summed E-state index contributed by atoms with van der Waals surface area (Å²) in [7, 11) is 0. The molecule has 0 atom stereocenters. The molecule has 1 saturated carbocycles. The monoisotopic (exact) mass is 331 g/mol. The van der Waals surface area contributed by atoms with Gasteiger partial charge < -0.3 is 5.32 Å². The van der Waals surface area contributed by atoms with Gasteiger partial charge in [-0.15, -0.1) is 0 Å². The van der Waals surface area contributed by atoms with Crippen LogP contribution in [-0.4, -0.2) is 16.5 Å². The molecule has 0 bridgehead atoms. The van der Waals surface area contributed by atoms with Crippen LogP contribution in [0.5, 0.6) is 0 Å². The van der Waals surface area contributed by atoms with E-state index in [2.05, 4.69) is 65.6 Å². The van der Waals surface area contributed by atoms with Gasteiger partial charge in [-0.3, -0.25) is 0 Å². The molecule has 1 aromatic heterocycles. The standard InChI is InChI=1S/C12H18IN3/c1-11(2)9(12(11,3)4)7-16-10-14-5-8(13)6-15-10/h5-6,9H,7H2,1-4H3,(H,14,15,16). The Morgan fingerprint density at radius 1 is 1.19 bits per heavy atom. The van der Waals surface area contributed by atoms with Crippen molar-refractivity contribution in [2.45, 2.75) is 27.7 Å². The number of halogens is 1. The number of rotatable bonds is 3. The number of hydrogen-bond acceptors (Lipinski definition) is 3. The molecule has 0 radical (unpaired) electrons. The highest BCUT2D eigenvalue weighted by Crippen LogP contribution is 2.68. The maximum Gasteiger partial charge on any atom is 0.222 e. The third kappa shape index (κ3) is 1.92. The van der Waals surface area contributed by atoms with E-state index in [1.54, 1.807) is 0 Å². The Labute approximate surface area is 111 Å². The van der Waals surface area contributed by atoms with Gasteiger partial charge in [-0.25, -0.2) is 9.97 Å². The Balaban J connectivity index is 1.93. The van der Waals surface area contributed by atoms with Crippen LogP contribution in [-0.2, 0) is 0 Å². The van der Waals surface area contributed by atoms with Crippen LogP contribution in [0.2, 0.25) is 0 Å². The highest BCUT2D eigenvalue weighted by Gasteiger charge is 2.64. The van der Waals surface area contributed by atoms with Gasteiger partial charge in [-0.05, 0) is 39.3 Å². The predicted molar refractivity (Wildman–Crippen MR) is 74.3 cm³/mol. The van der Waals surface area contributed by atoms with Crippen LogP contribution in [0, 0.1) is 20.3 Å². The molecule has 1 aromatic rings. The van der Waals surface area contributed by atoms with Gasteiger partial charge in [0.1, 0.15) is 0 Å². The fraction of sp³-hybridized carbons (Fsp3) is 0.667. The first-order chi connectivity index (χ1) is 7.35. The van der Waals surface area contributed by atoms with Crippen molar-refractivity contribution in [1.29, 1.82) is 0 Å². The van der Waals surface area contributed by atoms with E-state index in [1.807, 2.05) is 12.4 Å². The Kier molecular flexibility index (Phi) is 2.88. The lowest BCUT2D eigenvalue weighted by Crippen LogP contribution is -2.10. The lowest BCUT2D eigenvalue weighted by molar-refractivity contribution is 0.457. The van der Waals surface area contributed by atoms with Gasteiger partial charge in [-0.2, -0.15) is 0 Å². The first-order valence-corrected chi connectivity index (χ1v) is 6.65. The zero-order valence-electron chi connectivity index (χ0n) is 10.2. The first kappa shape index (κ1) is 12.1. The maximum atomic E-state index is 4.24. The number of aromatic nitrogens is 2. The van der Waals surface area contributed by atoms with Crippen molar-refractivity contribution < 1.29 is 0 Å². The molecule has 3 nitrogen and oxygen atoms in total. The molecule has 1 heterocycles. The second-order valence-corrected chi connectivity index (χ2v) is 6.85. The Morgan fingerprint density at radius 3 is 2.12 bits per heavy atom. The van der Waals surface area contributed by atoms with Crippen molar-refractivity contribution in [3.63, 3.8) is 0 Å². The molecular weight excluding hydrogens is 313 g/mol. The zero-order valence-corrected chi connectivity index (χ0v) is 12.4. The number of anilines is 1. The van der Waals surface area contributed by atoms with E-state index in [1.165, 1.54) is 0 Å². The molecule has 1 aliphatic carbocycles. The number of nitrogens with zero attached hydrogens (tertiary/aromatic N) is 2. The summed E-state index contributed by atoms with van der Waals surface area (Å²) in [5.74, 6) is 1.43. The molecule has 4 heteroatoms. The SMILES string of the molecule is CC1(C)C(CNc2ncc(I)cn2)C1(C)C. The molecule has 0 amide bonds. The largest absolute Gasteiger partial charge is 0.354 e. The van der Waals surface area contributed by atoms with E-state index >= 15 is 0 Å². The quantitative estimate of drug-likeness (QED) is 0.865. The van der Waals surface area contributed by atoms with Gasteiger partial charge in [0.2, 0.25) is 5.95 Å². The summed E-state index contributed by atoms with van der Waals surface area (Å²) in [6.07, 6.45) is 3.66. The molecule has 0 aliphatic heterocycles. The molecule has 1 fully saturated rings. The smallest absolute Gasteiger partial charge is 0.222 e. The summed E-state index contributed by atoms with van der Waals surface area (Å²) in [4.78, 5) is 8.49. The molecule has 1 N–H and O–H groups in total. The molecule has 1 aliphatic rings. The van der Waals surface area contributed by atoms with E-state index in [4.69, 9.17) is 0 Å². The van der Waals surface area contributed by atoms with Crippen molar-refractivity contribution in [3.05, 3.63) is 16.0 Å². The van der Waals surface area contributed by atoms with Crippen LogP contribution < -0.4 is 5.32 Å². The highest BCUT2D eigenvalue weighted by atomic mass is 127. The van der Waals surface area contributed by atoms with E-state index in [9.17, 15) is 0 Å². The van der Waals surface area contributed by atoms with Crippen LogP contribution in [0.4, 0.5) is 5.95 Å². The van der Waals surface area contributed by atoms with E-state index in [0.717, 1.165) is 16.1 Å². The summed E-state index contributed by atoms with van der Waals surface area (Å²) >= 11 is 2.21. The molecule has 88 valence electrons. The van der Waals surface area contributed by atoms with E-state index < -0.39 is 0 Å². The van der Waals surface area contributed by atoms with Crippen LogP contribution >= 0.6 is 22.6 Å². The third-order valence-corrected chi connectivity index (χ3v) is 4.96. The summed E-state index contributed by atoms with van der Waals surface area (Å²) in [6, 6.07) is 0. The maximum absolute atomic E-state index is 4.24. The second-order valence-electron chi connectivity index (χ2n) is 5.60. The Morgan fingerprint density at radius 2 is 1.69 bits per heavy atom. The van der Waals surface area contributed by atoms with Gasteiger partial charge in [0.05, 0.1) is 0 Å². The predicted octanol–water partition coefficient (Wildman–Crippen LogP) is 3.18. The molecule has 0 unspecified atom stereocenters. The average molecular weight is 331 g/mol. The van der Waals surface area contributed by atoms with Gasteiger partial charge >= 0.3 is 0 Å². The van der Waals surface area contributed by atoms with Crippen LogP contribution in [0.25, 0.3) is 0 Å². The zero-order chi connectivity index (χ0) is 12.0. The lowest BCUT2D eigenvalue weighted by Gasteiger charge is -2.05. The minimum atomic E-state index is 0.420. The molecule has 0 spiro atoms. The fourth-order valence-electron chi connectivity index (χ4n) is 2.44. The van der Waals surface area contributed by atoms with Gasteiger partial charge in [0.15, 0.2) is 0 Å². The van der Waals surface area contributed by atoms with E-state index in [-0.39, 0.29) is 0 Å². The second kappa shape index (κ2) is 3.82. The average Bonchev–Trinajstić information content (AvgIpc) is 2.58. The molecule has 2 rings (SSSR count). The number of hydrogen-bond donors (Lipinski definition) is 1. The Hall–Kier alpha value is -0.390. The minimum Gasteiger partial charge on any atom is -0.354 e. The summed E-state index contributed by atoms with van der Waals surface area (Å²) in [6.45, 7) is 10.3. The third-order valence-electron chi connectivity index (χ3n) is 4.40. The lowest BCUT2D eigenvalue weighted by atomic mass is 10.0. The van der Waals surface area contributed by atoms with Crippen molar-refractivity contribution in [2.24, 2.45) is 16.7 Å². The van der Waals surface area contributed by atoms with Gasteiger partial charge in [0, 0.05) is 22.5 Å². The topological polar surface area (TPSA) is 37.8 Å². The van der Waals surface area contributed by atoms with Crippen molar-refractivity contribution in [1.82, 2.24) is 9.97 Å². The van der Waals surface area contributed by atoms with Crippen LogP contribution in [0.3, 0.4) is 0 Å². The van der Waals surface area contributed by atoms with Gasteiger partial charge in [-0.1, -0.05) is 27.7 Å². The Bertz CT molecular complexity index is 370. The van der Waals surface area contributed by atoms with Crippen LogP contribution in [0.15, 0.2) is 12.4 Å². The molecule has 0 saturated heterocycles. The van der Waals surface area contributed by atoms with Crippen molar-refractivity contribution in [2.75, 3.05) is 11.9 Å². The van der Waals surface area contributed by atoms with E-state index in [0.29, 0.717) is 16.7 Å². The summed E-state index contributed by atoms with van der Waals surface area (Å²) in [5.41, 5.74) is 0.840.